The molecule has 1 fully saturated rings. The second kappa shape index (κ2) is 9.01. The van der Waals surface area contributed by atoms with Crippen molar-refractivity contribution in [2.45, 2.75) is 12.8 Å². The molecule has 3 rings (SSSR count). The molecule has 0 bridgehead atoms. The zero-order valence-electron chi connectivity index (χ0n) is 15.8. The maximum absolute atomic E-state index is 12.1. The number of piperidine rings is 1. The van der Waals surface area contributed by atoms with Gasteiger partial charge in [0.15, 0.2) is 0 Å². The highest BCUT2D eigenvalue weighted by atomic mass is 16.6. The molecule has 8 nitrogen and oxygen atoms in total. The summed E-state index contributed by atoms with van der Waals surface area (Å²) < 4.78 is 0. The summed E-state index contributed by atoms with van der Waals surface area (Å²) in [5.41, 5.74) is 7.31. The van der Waals surface area contributed by atoms with Gasteiger partial charge in [-0.3, -0.25) is 19.7 Å². The van der Waals surface area contributed by atoms with Gasteiger partial charge in [0, 0.05) is 42.5 Å². The summed E-state index contributed by atoms with van der Waals surface area (Å²) in [6.45, 7) is 1.52. The number of carbonyl (C=O) groups is 2. The molecule has 0 spiro atoms. The third-order valence-corrected chi connectivity index (χ3v) is 4.95. The van der Waals surface area contributed by atoms with Gasteiger partial charge in [-0.15, -0.1) is 0 Å². The number of nitro groups is 1. The highest BCUT2D eigenvalue weighted by Gasteiger charge is 2.23. The number of hydrogen-bond acceptors (Lipinski definition) is 5. The van der Waals surface area contributed by atoms with E-state index < -0.39 is 4.92 Å². The summed E-state index contributed by atoms with van der Waals surface area (Å²) in [7, 11) is 0. The van der Waals surface area contributed by atoms with Crippen molar-refractivity contribution >= 4 is 35.0 Å². The van der Waals surface area contributed by atoms with Crippen LogP contribution in [0.3, 0.4) is 0 Å². The van der Waals surface area contributed by atoms with Crippen LogP contribution in [-0.2, 0) is 9.59 Å². The van der Waals surface area contributed by atoms with Gasteiger partial charge >= 0.3 is 0 Å². The number of benzene rings is 2. The molecule has 2 amide bonds. The third-order valence-electron chi connectivity index (χ3n) is 4.95. The van der Waals surface area contributed by atoms with E-state index in [1.165, 1.54) is 18.2 Å². The highest BCUT2D eigenvalue weighted by Crippen LogP contribution is 2.24. The Hall–Kier alpha value is -3.68. The first-order valence-electron chi connectivity index (χ1n) is 9.31. The summed E-state index contributed by atoms with van der Waals surface area (Å²) in [5.74, 6) is -0.674. The lowest BCUT2D eigenvalue weighted by Gasteiger charge is -2.32. The number of nitrogens with one attached hydrogen (secondary N) is 1. The molecule has 0 radical (unpaired) electrons. The zero-order chi connectivity index (χ0) is 20.8. The van der Waals surface area contributed by atoms with Crippen LogP contribution in [0.2, 0.25) is 0 Å². The largest absolute Gasteiger partial charge is 0.371 e. The second-order valence-corrected chi connectivity index (χ2v) is 6.85. The fourth-order valence-corrected chi connectivity index (χ4v) is 3.32. The molecular formula is C21H22N4O4. The van der Waals surface area contributed by atoms with Crippen molar-refractivity contribution in [2.75, 3.05) is 23.3 Å². The van der Waals surface area contributed by atoms with Gasteiger partial charge in [-0.05, 0) is 49.2 Å². The Labute approximate surface area is 168 Å². The molecule has 1 aliphatic heterocycles. The molecule has 8 heteroatoms. The lowest BCUT2D eigenvalue weighted by molar-refractivity contribution is -0.385. The number of nitrogens with zero attached hydrogens (tertiary/aromatic N) is 2. The van der Waals surface area contributed by atoms with Gasteiger partial charge in [0.1, 0.15) is 0 Å². The topological polar surface area (TPSA) is 119 Å². The molecule has 1 heterocycles. The van der Waals surface area contributed by atoms with Crippen LogP contribution in [0.25, 0.3) is 6.08 Å². The number of nitro benzene ring substituents is 1. The number of nitrogens with two attached hydrogens (primary N) is 1. The quantitative estimate of drug-likeness (QED) is 0.444. The van der Waals surface area contributed by atoms with E-state index in [1.54, 1.807) is 30.3 Å². The first-order valence-corrected chi connectivity index (χ1v) is 9.31. The molecule has 0 aromatic heterocycles. The van der Waals surface area contributed by atoms with Crippen molar-refractivity contribution in [3.63, 3.8) is 0 Å². The van der Waals surface area contributed by atoms with Crippen LogP contribution in [-0.4, -0.2) is 29.8 Å². The minimum Gasteiger partial charge on any atom is -0.371 e. The Morgan fingerprint density at radius 3 is 2.38 bits per heavy atom. The minimum atomic E-state index is -0.484. The Balaban J connectivity index is 1.58. The fourth-order valence-electron chi connectivity index (χ4n) is 3.32. The van der Waals surface area contributed by atoms with Gasteiger partial charge < -0.3 is 16.0 Å². The van der Waals surface area contributed by atoms with Gasteiger partial charge in [0.2, 0.25) is 11.8 Å². The van der Waals surface area contributed by atoms with Gasteiger partial charge in [-0.1, -0.05) is 12.1 Å². The summed E-state index contributed by atoms with van der Waals surface area (Å²) in [6.07, 6.45) is 4.17. The van der Waals surface area contributed by atoms with Crippen LogP contribution in [0.5, 0.6) is 0 Å². The smallest absolute Gasteiger partial charge is 0.276 e. The Bertz CT molecular complexity index is 932. The van der Waals surface area contributed by atoms with E-state index >= 15 is 0 Å². The number of carbonyl (C=O) groups excluding carboxylic acids is 2. The van der Waals surface area contributed by atoms with E-state index in [9.17, 15) is 19.7 Å². The van der Waals surface area contributed by atoms with Crippen molar-refractivity contribution in [1.29, 1.82) is 0 Å². The molecule has 2 aromatic carbocycles. The predicted molar refractivity (Wildman–Crippen MR) is 111 cm³/mol. The average molecular weight is 394 g/mol. The summed E-state index contributed by atoms with van der Waals surface area (Å²) in [5, 5.41) is 13.8. The van der Waals surface area contributed by atoms with Crippen molar-refractivity contribution in [3.05, 3.63) is 70.3 Å². The molecular weight excluding hydrogens is 372 g/mol. The van der Waals surface area contributed by atoms with E-state index in [0.29, 0.717) is 11.3 Å². The van der Waals surface area contributed by atoms with E-state index in [1.807, 2.05) is 12.1 Å². The van der Waals surface area contributed by atoms with Crippen LogP contribution in [0.1, 0.15) is 18.4 Å². The van der Waals surface area contributed by atoms with Gasteiger partial charge in [0.05, 0.1) is 10.5 Å². The molecule has 3 N–H and O–H groups in total. The first-order chi connectivity index (χ1) is 13.9. The highest BCUT2D eigenvalue weighted by molar-refractivity contribution is 6.02. The Morgan fingerprint density at radius 2 is 1.76 bits per heavy atom. The zero-order valence-corrected chi connectivity index (χ0v) is 15.8. The molecule has 0 atom stereocenters. The predicted octanol–water partition coefficient (Wildman–Crippen LogP) is 2.95. The number of amides is 2. The van der Waals surface area contributed by atoms with E-state index in [-0.39, 0.29) is 23.4 Å². The number of anilines is 2. The Kier molecular flexibility index (Phi) is 6.23. The lowest BCUT2D eigenvalue weighted by Crippen LogP contribution is -2.38. The molecule has 2 aromatic rings. The molecule has 1 saturated heterocycles. The lowest BCUT2D eigenvalue weighted by atomic mass is 9.96. The van der Waals surface area contributed by atoms with Gasteiger partial charge in [0.25, 0.3) is 5.69 Å². The van der Waals surface area contributed by atoms with E-state index in [4.69, 9.17) is 5.73 Å². The molecule has 0 saturated carbocycles. The maximum Gasteiger partial charge on any atom is 0.276 e. The summed E-state index contributed by atoms with van der Waals surface area (Å²) in [4.78, 5) is 36.1. The van der Waals surface area contributed by atoms with Crippen LogP contribution >= 0.6 is 0 Å². The molecule has 29 heavy (non-hydrogen) atoms. The number of hydrogen-bond donors (Lipinski definition) is 2. The standard InChI is InChI=1S/C21H22N4O4/c22-21(27)16-11-13-24(14-12-16)18-8-6-17(7-9-18)23-20(26)10-5-15-3-1-2-4-19(15)25(28)29/h1-10,16H,11-14H2,(H2,22,27)(H,23,26)/b10-5+. The van der Waals surface area contributed by atoms with Crippen molar-refractivity contribution < 1.29 is 14.5 Å². The minimum absolute atomic E-state index is 0.0546. The van der Waals surface area contributed by atoms with Crippen molar-refractivity contribution in [1.82, 2.24) is 0 Å². The number of para-hydroxylation sites is 1. The average Bonchev–Trinajstić information content (AvgIpc) is 2.73. The summed E-state index contributed by atoms with van der Waals surface area (Å²) >= 11 is 0. The first kappa shape index (κ1) is 20.1. The second-order valence-electron chi connectivity index (χ2n) is 6.85. The third kappa shape index (κ3) is 5.19. The normalized spacial score (nSPS) is 14.7. The van der Waals surface area contributed by atoms with Crippen LogP contribution in [0.15, 0.2) is 54.6 Å². The fraction of sp³-hybridized carbons (Fsp3) is 0.238. The SMILES string of the molecule is NC(=O)C1CCN(c2ccc(NC(=O)/C=C/c3ccccc3[N+](=O)[O-])cc2)CC1. The number of primary amides is 1. The Morgan fingerprint density at radius 1 is 1.10 bits per heavy atom. The van der Waals surface area contributed by atoms with Crippen molar-refractivity contribution in [3.8, 4) is 0 Å². The molecule has 0 aliphatic carbocycles. The monoisotopic (exact) mass is 394 g/mol. The van der Waals surface area contributed by atoms with Crippen LogP contribution in [0.4, 0.5) is 17.1 Å². The molecule has 150 valence electrons. The van der Waals surface area contributed by atoms with Gasteiger partial charge in [-0.25, -0.2) is 0 Å². The maximum atomic E-state index is 12.1. The van der Waals surface area contributed by atoms with Crippen LogP contribution < -0.4 is 16.0 Å². The number of rotatable bonds is 6. The summed E-state index contributed by atoms with van der Waals surface area (Å²) in [6, 6.07) is 13.6. The van der Waals surface area contributed by atoms with E-state index in [0.717, 1.165) is 31.6 Å². The molecule has 0 unspecified atom stereocenters. The van der Waals surface area contributed by atoms with Crippen LogP contribution in [0, 0.1) is 16.0 Å². The van der Waals surface area contributed by atoms with E-state index in [2.05, 4.69) is 10.2 Å². The van der Waals surface area contributed by atoms with Gasteiger partial charge in [-0.2, -0.15) is 0 Å². The van der Waals surface area contributed by atoms with Crippen molar-refractivity contribution in [2.24, 2.45) is 11.7 Å². The molecule has 1 aliphatic rings.